The predicted molar refractivity (Wildman–Crippen MR) is 124 cm³/mol. The van der Waals surface area contributed by atoms with E-state index in [1.54, 1.807) is 0 Å². The molecule has 1 saturated heterocycles. The molecule has 0 aliphatic carbocycles. The van der Waals surface area contributed by atoms with E-state index in [0.29, 0.717) is 37.5 Å². The van der Waals surface area contributed by atoms with Crippen LogP contribution in [0.3, 0.4) is 0 Å². The van der Waals surface area contributed by atoms with Crippen molar-refractivity contribution in [2.45, 2.75) is 12.6 Å². The van der Waals surface area contributed by atoms with E-state index in [9.17, 15) is 4.79 Å². The van der Waals surface area contributed by atoms with Gasteiger partial charge < -0.3 is 9.64 Å². The number of nitrogens with zero attached hydrogens (tertiary/aromatic N) is 3. The van der Waals surface area contributed by atoms with Crippen molar-refractivity contribution >= 4 is 5.91 Å². The average Bonchev–Trinajstić information content (AvgIpc) is 3.29. The number of ether oxygens (including phenoxy) is 1. The van der Waals surface area contributed by atoms with Gasteiger partial charge in [-0.1, -0.05) is 91.0 Å². The lowest BCUT2D eigenvalue weighted by Gasteiger charge is -2.33. The Morgan fingerprint density at radius 1 is 0.906 bits per heavy atom. The van der Waals surface area contributed by atoms with Gasteiger partial charge in [-0.15, -0.1) is 0 Å². The molecular weight excluding hydrogens is 398 g/mol. The van der Waals surface area contributed by atoms with Gasteiger partial charge in [0.15, 0.2) is 0 Å². The highest BCUT2D eigenvalue weighted by molar-refractivity contribution is 5.99. The van der Waals surface area contributed by atoms with Gasteiger partial charge in [-0.2, -0.15) is 5.10 Å². The predicted octanol–water partition coefficient (Wildman–Crippen LogP) is 4.81. The highest BCUT2D eigenvalue weighted by Crippen LogP contribution is 2.27. The van der Waals surface area contributed by atoms with Crippen molar-refractivity contribution in [3.63, 3.8) is 0 Å². The van der Waals surface area contributed by atoms with Gasteiger partial charge in [0.25, 0.3) is 5.91 Å². The van der Waals surface area contributed by atoms with Crippen LogP contribution in [-0.4, -0.2) is 40.3 Å². The molecule has 0 bridgehead atoms. The molecule has 1 aliphatic heterocycles. The standard InChI is InChI=1S/C27H25N3O2/c31-27(29-16-17-32-25(20-29)22-12-6-2-7-13-22)24-19-30(18-21-10-4-1-5-11-21)28-26(24)23-14-8-3-9-15-23/h1-15,19,25H,16-18,20H2/t25-/m1/s1. The van der Waals surface area contributed by atoms with Gasteiger partial charge in [-0.05, 0) is 11.1 Å². The van der Waals surface area contributed by atoms with Crippen LogP contribution in [0, 0.1) is 0 Å². The highest BCUT2D eigenvalue weighted by atomic mass is 16.5. The molecule has 1 amide bonds. The Kier molecular flexibility index (Phi) is 5.81. The average molecular weight is 424 g/mol. The van der Waals surface area contributed by atoms with E-state index in [1.165, 1.54) is 0 Å². The Morgan fingerprint density at radius 2 is 1.56 bits per heavy atom. The van der Waals surface area contributed by atoms with Gasteiger partial charge >= 0.3 is 0 Å². The van der Waals surface area contributed by atoms with Crippen LogP contribution in [0.5, 0.6) is 0 Å². The zero-order valence-corrected chi connectivity index (χ0v) is 17.8. The Morgan fingerprint density at radius 3 is 2.28 bits per heavy atom. The maximum atomic E-state index is 13.7. The van der Waals surface area contributed by atoms with E-state index in [4.69, 9.17) is 9.84 Å². The molecule has 1 atom stereocenters. The van der Waals surface area contributed by atoms with Crippen LogP contribution >= 0.6 is 0 Å². The normalized spacial score (nSPS) is 16.1. The molecule has 32 heavy (non-hydrogen) atoms. The van der Waals surface area contributed by atoms with E-state index in [-0.39, 0.29) is 12.0 Å². The molecule has 1 fully saturated rings. The number of amides is 1. The van der Waals surface area contributed by atoms with Crippen LogP contribution in [0.4, 0.5) is 0 Å². The maximum absolute atomic E-state index is 13.7. The summed E-state index contributed by atoms with van der Waals surface area (Å²) in [6, 6.07) is 30.2. The van der Waals surface area contributed by atoms with Crippen molar-refractivity contribution in [1.82, 2.24) is 14.7 Å². The Labute approximate surface area is 187 Å². The summed E-state index contributed by atoms with van der Waals surface area (Å²) in [5, 5.41) is 4.81. The Balaban J connectivity index is 1.45. The van der Waals surface area contributed by atoms with Crippen molar-refractivity contribution in [2.75, 3.05) is 19.7 Å². The first-order valence-electron chi connectivity index (χ1n) is 10.9. The van der Waals surface area contributed by atoms with Gasteiger partial charge in [-0.25, -0.2) is 0 Å². The molecule has 1 aromatic heterocycles. The van der Waals surface area contributed by atoms with Gasteiger partial charge in [-0.3, -0.25) is 9.48 Å². The summed E-state index contributed by atoms with van der Waals surface area (Å²) in [5.41, 5.74) is 4.52. The van der Waals surface area contributed by atoms with Crippen LogP contribution in [0.15, 0.2) is 97.2 Å². The fourth-order valence-corrected chi connectivity index (χ4v) is 4.11. The molecule has 5 nitrogen and oxygen atoms in total. The number of rotatable bonds is 5. The number of hydrogen-bond donors (Lipinski definition) is 0. The fraction of sp³-hybridized carbons (Fsp3) is 0.185. The van der Waals surface area contributed by atoms with Gasteiger partial charge in [0.2, 0.25) is 0 Å². The number of carbonyl (C=O) groups excluding carboxylic acids is 1. The van der Waals surface area contributed by atoms with Gasteiger partial charge in [0, 0.05) is 18.3 Å². The number of carbonyl (C=O) groups is 1. The van der Waals surface area contributed by atoms with E-state index >= 15 is 0 Å². The summed E-state index contributed by atoms with van der Waals surface area (Å²) in [4.78, 5) is 15.5. The lowest BCUT2D eigenvalue weighted by molar-refractivity contribution is -0.0228. The molecule has 4 aromatic rings. The molecule has 5 heteroatoms. The molecule has 2 heterocycles. The number of hydrogen-bond acceptors (Lipinski definition) is 3. The van der Waals surface area contributed by atoms with Crippen LogP contribution in [0.2, 0.25) is 0 Å². The minimum Gasteiger partial charge on any atom is -0.370 e. The van der Waals surface area contributed by atoms with Gasteiger partial charge in [0.05, 0.1) is 25.3 Å². The largest absolute Gasteiger partial charge is 0.370 e. The van der Waals surface area contributed by atoms with Crippen molar-refractivity contribution in [1.29, 1.82) is 0 Å². The summed E-state index contributed by atoms with van der Waals surface area (Å²) in [6.45, 7) is 2.23. The van der Waals surface area contributed by atoms with Crippen LogP contribution in [-0.2, 0) is 11.3 Å². The maximum Gasteiger partial charge on any atom is 0.257 e. The zero-order chi connectivity index (χ0) is 21.8. The second-order valence-electron chi connectivity index (χ2n) is 7.96. The van der Waals surface area contributed by atoms with E-state index < -0.39 is 0 Å². The monoisotopic (exact) mass is 423 g/mol. The fourth-order valence-electron chi connectivity index (χ4n) is 4.11. The quantitative estimate of drug-likeness (QED) is 0.463. The number of morpholine rings is 1. The molecule has 3 aromatic carbocycles. The molecule has 0 spiro atoms. The molecule has 0 radical (unpaired) electrons. The minimum absolute atomic E-state index is 0.00704. The van der Waals surface area contributed by atoms with Crippen LogP contribution < -0.4 is 0 Å². The third kappa shape index (κ3) is 4.34. The second kappa shape index (κ2) is 9.20. The zero-order valence-electron chi connectivity index (χ0n) is 17.8. The molecule has 160 valence electrons. The SMILES string of the molecule is O=C(c1cn(Cc2ccccc2)nc1-c1ccccc1)N1CCO[C@@H](c2ccccc2)C1. The molecular formula is C27H25N3O2. The highest BCUT2D eigenvalue weighted by Gasteiger charge is 2.29. The van der Waals surface area contributed by atoms with E-state index in [2.05, 4.69) is 12.1 Å². The van der Waals surface area contributed by atoms with Crippen molar-refractivity contribution in [3.05, 3.63) is 114 Å². The molecule has 0 saturated carbocycles. The summed E-state index contributed by atoms with van der Waals surface area (Å²) >= 11 is 0. The van der Waals surface area contributed by atoms with E-state index in [1.807, 2.05) is 94.6 Å². The van der Waals surface area contributed by atoms with E-state index in [0.717, 1.165) is 16.7 Å². The second-order valence-corrected chi connectivity index (χ2v) is 7.96. The number of benzene rings is 3. The Hall–Kier alpha value is -3.70. The molecule has 0 unspecified atom stereocenters. The lowest BCUT2D eigenvalue weighted by Crippen LogP contribution is -2.42. The van der Waals surface area contributed by atoms with Crippen molar-refractivity contribution in [2.24, 2.45) is 0 Å². The molecule has 1 aliphatic rings. The lowest BCUT2D eigenvalue weighted by atomic mass is 10.1. The van der Waals surface area contributed by atoms with Crippen molar-refractivity contribution in [3.8, 4) is 11.3 Å². The third-order valence-electron chi connectivity index (χ3n) is 5.75. The molecule has 0 N–H and O–H groups in total. The number of aromatic nitrogens is 2. The van der Waals surface area contributed by atoms with Crippen molar-refractivity contribution < 1.29 is 9.53 Å². The summed E-state index contributed by atoms with van der Waals surface area (Å²) < 4.78 is 7.83. The smallest absolute Gasteiger partial charge is 0.257 e. The topological polar surface area (TPSA) is 47.4 Å². The minimum atomic E-state index is -0.117. The third-order valence-corrected chi connectivity index (χ3v) is 5.75. The first kappa shape index (κ1) is 20.2. The van der Waals surface area contributed by atoms with Crippen LogP contribution in [0.25, 0.3) is 11.3 Å². The van der Waals surface area contributed by atoms with Gasteiger partial charge in [0.1, 0.15) is 11.8 Å². The Bertz CT molecular complexity index is 1170. The summed E-state index contributed by atoms with van der Waals surface area (Å²) in [6.07, 6.45) is 1.76. The summed E-state index contributed by atoms with van der Waals surface area (Å²) in [7, 11) is 0. The first-order chi connectivity index (χ1) is 15.8. The van der Waals surface area contributed by atoms with Crippen LogP contribution in [0.1, 0.15) is 27.6 Å². The summed E-state index contributed by atoms with van der Waals surface area (Å²) in [5.74, 6) is -0.00704. The first-order valence-corrected chi connectivity index (χ1v) is 10.9. The molecule has 5 rings (SSSR count).